The van der Waals surface area contributed by atoms with Crippen LogP contribution >= 0.6 is 11.6 Å². The minimum atomic E-state index is -4.60. The van der Waals surface area contributed by atoms with Crippen molar-refractivity contribution in [3.8, 4) is 0 Å². The second-order valence-electron chi connectivity index (χ2n) is 5.51. The summed E-state index contributed by atoms with van der Waals surface area (Å²) in [5.74, 6) is -0.929. The third kappa shape index (κ3) is 3.61. The summed E-state index contributed by atoms with van der Waals surface area (Å²) in [5.41, 5.74) is 0.784. The molecule has 0 radical (unpaired) electrons. The van der Waals surface area contributed by atoms with Gasteiger partial charge in [-0.15, -0.1) is 0 Å². The Labute approximate surface area is 146 Å². The van der Waals surface area contributed by atoms with Gasteiger partial charge in [0.15, 0.2) is 0 Å². The SMILES string of the molecule is O=C1C[N+]([O-])=C(c2ccccc2)c2cc(Cl)ccc2N1CC(F)(F)F. The van der Waals surface area contributed by atoms with Gasteiger partial charge in [0.2, 0.25) is 12.3 Å². The third-order valence-corrected chi connectivity index (χ3v) is 3.95. The van der Waals surface area contributed by atoms with Gasteiger partial charge < -0.3 is 5.21 Å². The number of hydroxylamine groups is 1. The molecule has 130 valence electrons. The van der Waals surface area contributed by atoms with Crippen molar-refractivity contribution in [3.63, 3.8) is 0 Å². The lowest BCUT2D eigenvalue weighted by atomic mass is 10.00. The van der Waals surface area contributed by atoms with Crippen LogP contribution in [0.15, 0.2) is 48.5 Å². The zero-order chi connectivity index (χ0) is 18.2. The maximum atomic E-state index is 12.9. The van der Waals surface area contributed by atoms with Crippen LogP contribution in [-0.2, 0) is 4.79 Å². The molecule has 4 nitrogen and oxygen atoms in total. The molecule has 0 saturated heterocycles. The van der Waals surface area contributed by atoms with E-state index in [1.807, 2.05) is 0 Å². The Morgan fingerprint density at radius 2 is 1.84 bits per heavy atom. The van der Waals surface area contributed by atoms with E-state index in [1.165, 1.54) is 18.2 Å². The second kappa shape index (κ2) is 6.40. The molecule has 2 aromatic carbocycles. The van der Waals surface area contributed by atoms with Crippen LogP contribution in [0.1, 0.15) is 11.1 Å². The number of benzodiazepines with no additional fused rings is 1. The van der Waals surface area contributed by atoms with E-state index in [0.29, 0.717) is 15.2 Å². The van der Waals surface area contributed by atoms with Crippen LogP contribution in [0.2, 0.25) is 5.02 Å². The number of fused-ring (bicyclic) bond motifs is 1. The molecular weight excluding hydrogens is 357 g/mol. The molecule has 1 heterocycles. The van der Waals surface area contributed by atoms with Crippen molar-refractivity contribution >= 4 is 28.9 Å². The molecule has 0 bridgehead atoms. The Morgan fingerprint density at radius 3 is 2.48 bits per heavy atom. The van der Waals surface area contributed by atoms with Crippen LogP contribution in [-0.4, -0.2) is 35.6 Å². The van der Waals surface area contributed by atoms with Gasteiger partial charge in [-0.25, -0.2) is 0 Å². The summed E-state index contributed by atoms with van der Waals surface area (Å²) in [5, 5.41) is 12.8. The summed E-state index contributed by atoms with van der Waals surface area (Å²) in [6, 6.07) is 12.5. The molecule has 0 aliphatic carbocycles. The van der Waals surface area contributed by atoms with Crippen molar-refractivity contribution in [2.24, 2.45) is 0 Å². The van der Waals surface area contributed by atoms with Gasteiger partial charge in [0.05, 0.1) is 11.3 Å². The van der Waals surface area contributed by atoms with E-state index in [4.69, 9.17) is 11.6 Å². The van der Waals surface area contributed by atoms with Crippen LogP contribution < -0.4 is 4.90 Å². The number of rotatable bonds is 2. The average molecular weight is 369 g/mol. The fourth-order valence-corrected chi connectivity index (χ4v) is 2.91. The molecular formula is C17H12ClF3N2O2. The third-order valence-electron chi connectivity index (χ3n) is 3.72. The maximum absolute atomic E-state index is 12.9. The zero-order valence-electron chi connectivity index (χ0n) is 12.8. The van der Waals surface area contributed by atoms with Crippen molar-refractivity contribution in [1.29, 1.82) is 0 Å². The first-order valence-corrected chi connectivity index (χ1v) is 7.68. The molecule has 0 saturated carbocycles. The Morgan fingerprint density at radius 1 is 1.16 bits per heavy atom. The van der Waals surface area contributed by atoms with Crippen molar-refractivity contribution in [1.82, 2.24) is 0 Å². The van der Waals surface area contributed by atoms with Gasteiger partial charge >= 0.3 is 6.18 Å². The molecule has 0 spiro atoms. The maximum Gasteiger partial charge on any atom is 0.406 e. The number of nitrogens with zero attached hydrogens (tertiary/aromatic N) is 2. The summed E-state index contributed by atoms with van der Waals surface area (Å²) in [4.78, 5) is 12.8. The summed E-state index contributed by atoms with van der Waals surface area (Å²) in [6.07, 6.45) is -4.60. The molecule has 0 N–H and O–H groups in total. The van der Waals surface area contributed by atoms with Crippen molar-refractivity contribution in [3.05, 3.63) is 69.9 Å². The fraction of sp³-hybridized carbons (Fsp3) is 0.176. The number of amides is 1. The highest BCUT2D eigenvalue weighted by Gasteiger charge is 2.39. The van der Waals surface area contributed by atoms with E-state index in [9.17, 15) is 23.2 Å². The number of hydrogen-bond donors (Lipinski definition) is 0. The van der Waals surface area contributed by atoms with Gasteiger partial charge in [-0.2, -0.15) is 17.9 Å². The molecule has 0 atom stereocenters. The Kier molecular flexibility index (Phi) is 4.43. The average Bonchev–Trinajstić information content (AvgIpc) is 2.62. The molecule has 8 heteroatoms. The van der Waals surface area contributed by atoms with Crippen LogP contribution in [0, 0.1) is 5.21 Å². The molecule has 0 aromatic heterocycles. The molecule has 1 aliphatic heterocycles. The molecule has 0 unspecified atom stereocenters. The highest BCUT2D eigenvalue weighted by atomic mass is 35.5. The standard InChI is InChI=1S/C17H12ClF3N2O2/c18-12-6-7-14-13(8-12)16(11-4-2-1-3-5-11)23(25)9-15(24)22(14)10-17(19,20)21/h1-8H,9-10H2. The molecule has 1 aliphatic rings. The fourth-order valence-electron chi connectivity index (χ4n) is 2.74. The Hall–Kier alpha value is -2.54. The highest BCUT2D eigenvalue weighted by Crippen LogP contribution is 2.31. The number of carbonyl (C=O) groups is 1. The quantitative estimate of drug-likeness (QED) is 0.600. The van der Waals surface area contributed by atoms with E-state index in [2.05, 4.69) is 0 Å². The largest absolute Gasteiger partial charge is 0.623 e. The Bertz CT molecular complexity index is 851. The van der Waals surface area contributed by atoms with Crippen LogP contribution in [0.3, 0.4) is 0 Å². The van der Waals surface area contributed by atoms with E-state index in [-0.39, 0.29) is 22.0 Å². The summed E-state index contributed by atoms with van der Waals surface area (Å²) in [6.45, 7) is -2.19. The molecule has 3 rings (SSSR count). The lowest BCUT2D eigenvalue weighted by molar-refractivity contribution is -0.443. The zero-order valence-corrected chi connectivity index (χ0v) is 13.5. The number of hydrogen-bond acceptors (Lipinski definition) is 2. The minimum absolute atomic E-state index is 0.00364. The van der Waals surface area contributed by atoms with Gasteiger partial charge in [-0.1, -0.05) is 29.8 Å². The number of halogens is 4. The molecule has 25 heavy (non-hydrogen) atoms. The van der Waals surface area contributed by atoms with Crippen molar-refractivity contribution < 1.29 is 22.7 Å². The molecule has 0 fully saturated rings. The smallest absolute Gasteiger partial charge is 0.406 e. The molecule has 1 amide bonds. The van der Waals surface area contributed by atoms with Gasteiger partial charge in [0.1, 0.15) is 6.54 Å². The summed E-state index contributed by atoms with van der Waals surface area (Å²) >= 11 is 5.99. The van der Waals surface area contributed by atoms with Crippen LogP contribution in [0.25, 0.3) is 0 Å². The summed E-state index contributed by atoms with van der Waals surface area (Å²) < 4.78 is 39.2. The normalized spacial score (nSPS) is 15.2. The second-order valence-corrected chi connectivity index (χ2v) is 5.94. The van der Waals surface area contributed by atoms with Crippen LogP contribution in [0.5, 0.6) is 0 Å². The first kappa shape index (κ1) is 17.3. The predicted octanol–water partition coefficient (Wildman–Crippen LogP) is 3.60. The molecule has 2 aromatic rings. The van der Waals surface area contributed by atoms with Crippen LogP contribution in [0.4, 0.5) is 18.9 Å². The monoisotopic (exact) mass is 368 g/mol. The topological polar surface area (TPSA) is 46.4 Å². The number of benzene rings is 2. The van der Waals surface area contributed by atoms with E-state index < -0.39 is 25.2 Å². The Balaban J connectivity index is 2.23. The van der Waals surface area contributed by atoms with Crippen molar-refractivity contribution in [2.45, 2.75) is 6.18 Å². The lowest BCUT2D eigenvalue weighted by Crippen LogP contribution is -2.41. The first-order valence-electron chi connectivity index (χ1n) is 7.30. The number of carbonyl (C=O) groups excluding carboxylic acids is 1. The van der Waals surface area contributed by atoms with E-state index in [0.717, 1.165) is 0 Å². The van der Waals surface area contributed by atoms with E-state index in [1.54, 1.807) is 30.3 Å². The number of alkyl halides is 3. The highest BCUT2D eigenvalue weighted by molar-refractivity contribution is 6.31. The predicted molar refractivity (Wildman–Crippen MR) is 88.0 cm³/mol. The van der Waals surface area contributed by atoms with Crippen molar-refractivity contribution in [2.75, 3.05) is 18.0 Å². The van der Waals surface area contributed by atoms with Gasteiger partial charge in [-0.05, 0) is 30.3 Å². The minimum Gasteiger partial charge on any atom is -0.623 e. The first-order chi connectivity index (χ1) is 11.8. The summed E-state index contributed by atoms with van der Waals surface area (Å²) in [7, 11) is 0. The van der Waals surface area contributed by atoms with Gasteiger partial charge in [0.25, 0.3) is 5.91 Å². The van der Waals surface area contributed by atoms with E-state index >= 15 is 0 Å². The lowest BCUT2D eigenvalue weighted by Gasteiger charge is -2.23. The van der Waals surface area contributed by atoms with Gasteiger partial charge in [0, 0.05) is 10.6 Å². The number of anilines is 1. The van der Waals surface area contributed by atoms with Gasteiger partial charge in [-0.3, -0.25) is 9.69 Å².